The lowest BCUT2D eigenvalue weighted by Crippen LogP contribution is -2.48. The molecule has 2 aromatic carbocycles. The Labute approximate surface area is 225 Å². The van der Waals surface area contributed by atoms with Crippen molar-refractivity contribution in [3.05, 3.63) is 42.5 Å². The van der Waals surface area contributed by atoms with Gasteiger partial charge in [-0.1, -0.05) is 0 Å². The van der Waals surface area contributed by atoms with Crippen LogP contribution in [0, 0.1) is 0 Å². The highest BCUT2D eigenvalue weighted by Gasteiger charge is 2.30. The second-order valence-corrected chi connectivity index (χ2v) is 12.8. The second kappa shape index (κ2) is 12.6. The molecular weight excluding hydrogens is 532 g/mol. The first kappa shape index (κ1) is 28.6. The molecule has 0 amide bonds. The first-order valence-corrected chi connectivity index (χ1v) is 15.5. The number of piperazine rings is 1. The van der Waals surface area contributed by atoms with Gasteiger partial charge in [-0.15, -0.1) is 0 Å². The van der Waals surface area contributed by atoms with Crippen molar-refractivity contribution < 1.29 is 31.0 Å². The SMILES string of the molecule is COc1ccc(S(=O)(=O)N2CCN(c3cc(S(=O)(=O)NCCCN4CCOCC4)ccc3OC)CC2)cc1. The van der Waals surface area contributed by atoms with Crippen LogP contribution >= 0.6 is 0 Å². The first-order chi connectivity index (χ1) is 18.2. The fraction of sp³-hybridized carbons (Fsp3) is 0.520. The summed E-state index contributed by atoms with van der Waals surface area (Å²) in [5.41, 5.74) is 0.616. The smallest absolute Gasteiger partial charge is 0.243 e. The summed E-state index contributed by atoms with van der Waals surface area (Å²) in [5.74, 6) is 1.12. The lowest BCUT2D eigenvalue weighted by Gasteiger charge is -2.36. The van der Waals surface area contributed by atoms with Gasteiger partial charge in [-0.3, -0.25) is 4.90 Å². The van der Waals surface area contributed by atoms with E-state index in [0.717, 1.165) is 19.6 Å². The number of benzene rings is 2. The number of morpholine rings is 1. The van der Waals surface area contributed by atoms with Crippen molar-refractivity contribution in [3.63, 3.8) is 0 Å². The Hall–Kier alpha value is -2.42. The van der Waals surface area contributed by atoms with E-state index in [-0.39, 0.29) is 22.9 Å². The van der Waals surface area contributed by atoms with Gasteiger partial charge >= 0.3 is 0 Å². The molecule has 2 aromatic rings. The van der Waals surface area contributed by atoms with E-state index in [1.54, 1.807) is 24.3 Å². The Morgan fingerprint density at radius 2 is 1.50 bits per heavy atom. The van der Waals surface area contributed by atoms with Gasteiger partial charge in [0.05, 0.1) is 42.9 Å². The summed E-state index contributed by atoms with van der Waals surface area (Å²) in [6, 6.07) is 11.1. The molecule has 0 saturated carbocycles. The highest BCUT2D eigenvalue weighted by atomic mass is 32.2. The van der Waals surface area contributed by atoms with E-state index in [0.29, 0.717) is 56.5 Å². The van der Waals surface area contributed by atoms with Crippen LogP contribution in [0.25, 0.3) is 0 Å². The molecule has 0 bridgehead atoms. The standard InChI is InChI=1S/C25H36N4O7S2/c1-34-21-4-6-22(7-5-21)38(32,33)29-14-12-28(13-15-29)24-20-23(8-9-25(24)35-2)37(30,31)26-10-3-11-27-16-18-36-19-17-27/h4-9,20,26H,3,10-19H2,1-2H3. The third-order valence-corrected chi connectivity index (χ3v) is 10.2. The highest BCUT2D eigenvalue weighted by molar-refractivity contribution is 7.89. The van der Waals surface area contributed by atoms with Crippen LogP contribution in [0.15, 0.2) is 52.3 Å². The normalized spacial score (nSPS) is 17.9. The number of nitrogens with zero attached hydrogens (tertiary/aromatic N) is 3. The number of methoxy groups -OCH3 is 2. The Bertz CT molecular complexity index is 1270. The lowest BCUT2D eigenvalue weighted by molar-refractivity contribution is 0.0376. The molecule has 0 unspecified atom stereocenters. The number of ether oxygens (including phenoxy) is 3. The molecule has 0 radical (unpaired) electrons. The van der Waals surface area contributed by atoms with Crippen LogP contribution in [0.3, 0.4) is 0 Å². The van der Waals surface area contributed by atoms with Crippen molar-refractivity contribution in [2.75, 3.05) is 84.7 Å². The third-order valence-electron chi connectivity index (χ3n) is 6.78. The summed E-state index contributed by atoms with van der Waals surface area (Å²) >= 11 is 0. The van der Waals surface area contributed by atoms with Gasteiger partial charge in [0.15, 0.2) is 0 Å². The minimum atomic E-state index is -3.72. The zero-order chi connectivity index (χ0) is 27.2. The van der Waals surface area contributed by atoms with Crippen molar-refractivity contribution in [2.45, 2.75) is 16.2 Å². The van der Waals surface area contributed by atoms with E-state index in [4.69, 9.17) is 14.2 Å². The van der Waals surface area contributed by atoms with Gasteiger partial charge in [-0.2, -0.15) is 4.31 Å². The molecular formula is C25H36N4O7S2. The van der Waals surface area contributed by atoms with Crippen molar-refractivity contribution in [2.24, 2.45) is 0 Å². The summed E-state index contributed by atoms with van der Waals surface area (Å²) in [6.07, 6.45) is 0.701. The van der Waals surface area contributed by atoms with Crippen LogP contribution in [0.5, 0.6) is 11.5 Å². The van der Waals surface area contributed by atoms with E-state index in [9.17, 15) is 16.8 Å². The second-order valence-electron chi connectivity index (χ2n) is 9.11. The van der Waals surface area contributed by atoms with Gasteiger partial charge < -0.3 is 19.1 Å². The van der Waals surface area contributed by atoms with E-state index < -0.39 is 20.0 Å². The number of nitrogens with one attached hydrogen (secondary N) is 1. The Balaban J connectivity index is 1.39. The molecule has 13 heteroatoms. The summed E-state index contributed by atoms with van der Waals surface area (Å²) in [4.78, 5) is 4.57. The van der Waals surface area contributed by atoms with Crippen LogP contribution in [-0.4, -0.2) is 106 Å². The predicted molar refractivity (Wildman–Crippen MR) is 144 cm³/mol. The lowest BCUT2D eigenvalue weighted by atomic mass is 10.2. The minimum absolute atomic E-state index is 0.146. The maximum absolute atomic E-state index is 13.1. The van der Waals surface area contributed by atoms with E-state index in [1.165, 1.54) is 36.7 Å². The molecule has 2 fully saturated rings. The Kier molecular flexibility index (Phi) is 9.50. The van der Waals surface area contributed by atoms with Crippen LogP contribution in [0.2, 0.25) is 0 Å². The van der Waals surface area contributed by atoms with Crippen molar-refractivity contribution >= 4 is 25.7 Å². The van der Waals surface area contributed by atoms with Gasteiger partial charge in [-0.05, 0) is 55.4 Å². The quantitative estimate of drug-likeness (QED) is 0.399. The predicted octanol–water partition coefficient (Wildman–Crippen LogP) is 1.22. The Morgan fingerprint density at radius 1 is 0.842 bits per heavy atom. The number of hydrogen-bond donors (Lipinski definition) is 1. The maximum Gasteiger partial charge on any atom is 0.243 e. The summed E-state index contributed by atoms with van der Waals surface area (Å²) in [5, 5.41) is 0. The number of sulfonamides is 2. The number of anilines is 1. The summed E-state index contributed by atoms with van der Waals surface area (Å²) in [6.45, 7) is 5.59. The van der Waals surface area contributed by atoms with Crippen molar-refractivity contribution in [1.82, 2.24) is 13.9 Å². The van der Waals surface area contributed by atoms with E-state index in [1.807, 2.05) is 4.90 Å². The van der Waals surface area contributed by atoms with E-state index >= 15 is 0 Å². The van der Waals surface area contributed by atoms with Crippen LogP contribution in [0.4, 0.5) is 5.69 Å². The van der Waals surface area contributed by atoms with Gasteiger partial charge in [0.25, 0.3) is 0 Å². The van der Waals surface area contributed by atoms with Crippen LogP contribution in [-0.2, 0) is 24.8 Å². The first-order valence-electron chi connectivity index (χ1n) is 12.6. The topological polar surface area (TPSA) is 118 Å². The molecule has 2 aliphatic heterocycles. The van der Waals surface area contributed by atoms with Crippen LogP contribution < -0.4 is 19.1 Å². The Morgan fingerprint density at radius 3 is 2.13 bits per heavy atom. The van der Waals surface area contributed by atoms with Gasteiger partial charge in [0.2, 0.25) is 20.0 Å². The molecule has 0 spiro atoms. The summed E-state index contributed by atoms with van der Waals surface area (Å²) in [7, 11) is -4.32. The highest BCUT2D eigenvalue weighted by Crippen LogP contribution is 2.32. The zero-order valence-corrected chi connectivity index (χ0v) is 23.5. The third kappa shape index (κ3) is 6.77. The fourth-order valence-corrected chi connectivity index (χ4v) is 7.08. The molecule has 4 rings (SSSR count). The molecule has 38 heavy (non-hydrogen) atoms. The van der Waals surface area contributed by atoms with Crippen molar-refractivity contribution in [3.8, 4) is 11.5 Å². The largest absolute Gasteiger partial charge is 0.497 e. The van der Waals surface area contributed by atoms with Crippen LogP contribution in [0.1, 0.15) is 6.42 Å². The van der Waals surface area contributed by atoms with Gasteiger partial charge in [0, 0.05) is 45.8 Å². The molecule has 0 aliphatic carbocycles. The molecule has 2 saturated heterocycles. The molecule has 210 valence electrons. The van der Waals surface area contributed by atoms with E-state index in [2.05, 4.69) is 9.62 Å². The number of rotatable bonds is 11. The molecule has 1 N–H and O–H groups in total. The molecule has 11 nitrogen and oxygen atoms in total. The molecule has 2 aliphatic rings. The number of hydrogen-bond acceptors (Lipinski definition) is 9. The average Bonchev–Trinajstić information content (AvgIpc) is 2.95. The van der Waals surface area contributed by atoms with Crippen molar-refractivity contribution in [1.29, 1.82) is 0 Å². The monoisotopic (exact) mass is 568 g/mol. The average molecular weight is 569 g/mol. The maximum atomic E-state index is 13.1. The summed E-state index contributed by atoms with van der Waals surface area (Å²) < 4.78 is 72.3. The van der Waals surface area contributed by atoms with Gasteiger partial charge in [-0.25, -0.2) is 21.6 Å². The minimum Gasteiger partial charge on any atom is -0.497 e. The molecule has 2 heterocycles. The molecule has 0 atom stereocenters. The molecule has 0 aromatic heterocycles. The van der Waals surface area contributed by atoms with Gasteiger partial charge in [0.1, 0.15) is 11.5 Å². The fourth-order valence-electron chi connectivity index (χ4n) is 4.57. The zero-order valence-electron chi connectivity index (χ0n) is 21.8.